The Kier molecular flexibility index (Phi) is 3.89. The van der Waals surface area contributed by atoms with E-state index in [0.29, 0.717) is 11.6 Å². The van der Waals surface area contributed by atoms with Crippen LogP contribution in [0.5, 0.6) is 0 Å². The van der Waals surface area contributed by atoms with Gasteiger partial charge in [-0.2, -0.15) is 0 Å². The molecule has 1 fully saturated rings. The van der Waals surface area contributed by atoms with E-state index in [1.165, 1.54) is 25.3 Å². The van der Waals surface area contributed by atoms with E-state index >= 15 is 0 Å². The summed E-state index contributed by atoms with van der Waals surface area (Å²) >= 11 is 1.63. The highest BCUT2D eigenvalue weighted by atomic mass is 32.1. The molecule has 4 heteroatoms. The van der Waals surface area contributed by atoms with Gasteiger partial charge in [-0.1, -0.05) is 18.6 Å². The van der Waals surface area contributed by atoms with Gasteiger partial charge in [0.25, 0.3) is 0 Å². The van der Waals surface area contributed by atoms with Gasteiger partial charge in [0.2, 0.25) is 0 Å². The predicted molar refractivity (Wildman–Crippen MR) is 76.9 cm³/mol. The lowest BCUT2D eigenvalue weighted by Crippen LogP contribution is -2.35. The van der Waals surface area contributed by atoms with Crippen molar-refractivity contribution in [1.82, 2.24) is 10.3 Å². The third kappa shape index (κ3) is 3.01. The number of halogens is 1. The third-order valence-electron chi connectivity index (χ3n) is 3.53. The van der Waals surface area contributed by atoms with Crippen LogP contribution in [0.15, 0.2) is 29.6 Å². The maximum absolute atomic E-state index is 13.7. The molecule has 19 heavy (non-hydrogen) atoms. The van der Waals surface area contributed by atoms with Crippen LogP contribution < -0.4 is 5.32 Å². The summed E-state index contributed by atoms with van der Waals surface area (Å²) < 4.78 is 13.7. The molecule has 1 aliphatic heterocycles. The zero-order valence-electron chi connectivity index (χ0n) is 10.7. The van der Waals surface area contributed by atoms with Crippen molar-refractivity contribution < 1.29 is 4.39 Å². The molecule has 0 saturated carbocycles. The molecular formula is C15H17FN2S. The molecular weight excluding hydrogens is 259 g/mol. The maximum Gasteiger partial charge on any atom is 0.132 e. The largest absolute Gasteiger partial charge is 0.314 e. The molecule has 1 aliphatic rings. The van der Waals surface area contributed by atoms with E-state index in [2.05, 4.69) is 10.3 Å². The summed E-state index contributed by atoms with van der Waals surface area (Å²) in [4.78, 5) is 4.57. The Bertz CT molecular complexity index is 547. The first kappa shape index (κ1) is 12.8. The number of thiazole rings is 1. The van der Waals surface area contributed by atoms with Crippen molar-refractivity contribution in [2.24, 2.45) is 0 Å². The van der Waals surface area contributed by atoms with Crippen molar-refractivity contribution >= 4 is 11.3 Å². The molecule has 3 rings (SSSR count). The Balaban J connectivity index is 1.74. The second-order valence-corrected chi connectivity index (χ2v) is 5.90. The first-order chi connectivity index (χ1) is 9.33. The molecule has 2 heterocycles. The highest BCUT2D eigenvalue weighted by Crippen LogP contribution is 2.25. The molecule has 1 aromatic carbocycles. The second-order valence-electron chi connectivity index (χ2n) is 4.96. The minimum atomic E-state index is -0.199. The molecule has 2 aromatic rings. The van der Waals surface area contributed by atoms with E-state index in [9.17, 15) is 4.39 Å². The van der Waals surface area contributed by atoms with Crippen LogP contribution in [0.25, 0.3) is 11.3 Å². The summed E-state index contributed by atoms with van der Waals surface area (Å²) in [6.45, 7) is 1.11. The van der Waals surface area contributed by atoms with E-state index in [-0.39, 0.29) is 5.82 Å². The van der Waals surface area contributed by atoms with Gasteiger partial charge in [0, 0.05) is 23.4 Å². The Morgan fingerprint density at radius 3 is 3.00 bits per heavy atom. The molecule has 100 valence electrons. The van der Waals surface area contributed by atoms with Crippen molar-refractivity contribution in [2.45, 2.75) is 31.7 Å². The minimum Gasteiger partial charge on any atom is -0.314 e. The Morgan fingerprint density at radius 2 is 2.21 bits per heavy atom. The Hall–Kier alpha value is -1.26. The van der Waals surface area contributed by atoms with E-state index < -0.39 is 0 Å². The molecule has 1 aromatic heterocycles. The second kappa shape index (κ2) is 5.80. The van der Waals surface area contributed by atoms with Gasteiger partial charge in [0.1, 0.15) is 5.82 Å². The SMILES string of the molecule is Fc1ccccc1-c1csc(C[C@@H]2CCCCN2)n1. The van der Waals surface area contributed by atoms with Gasteiger partial charge in [0.05, 0.1) is 10.7 Å². The lowest BCUT2D eigenvalue weighted by atomic mass is 10.0. The zero-order valence-corrected chi connectivity index (χ0v) is 11.5. The first-order valence-corrected chi connectivity index (χ1v) is 7.63. The van der Waals surface area contributed by atoms with Crippen molar-refractivity contribution in [2.75, 3.05) is 6.54 Å². The van der Waals surface area contributed by atoms with Gasteiger partial charge in [0.15, 0.2) is 0 Å². The van der Waals surface area contributed by atoms with Gasteiger partial charge in [-0.25, -0.2) is 9.37 Å². The summed E-state index contributed by atoms with van der Waals surface area (Å²) in [5.41, 5.74) is 1.36. The van der Waals surface area contributed by atoms with E-state index in [4.69, 9.17) is 0 Å². The van der Waals surface area contributed by atoms with E-state index in [1.807, 2.05) is 11.4 Å². The summed E-state index contributed by atoms with van der Waals surface area (Å²) in [5, 5.41) is 6.57. The smallest absolute Gasteiger partial charge is 0.132 e. The van der Waals surface area contributed by atoms with Crippen LogP contribution in [0.3, 0.4) is 0 Å². The maximum atomic E-state index is 13.7. The van der Waals surface area contributed by atoms with E-state index in [1.54, 1.807) is 23.5 Å². The molecule has 0 spiro atoms. The van der Waals surface area contributed by atoms with Crippen molar-refractivity contribution in [3.05, 3.63) is 40.5 Å². The van der Waals surface area contributed by atoms with Crippen molar-refractivity contribution in [1.29, 1.82) is 0 Å². The summed E-state index contributed by atoms with van der Waals surface area (Å²) in [6, 6.07) is 7.36. The summed E-state index contributed by atoms with van der Waals surface area (Å²) in [5.74, 6) is -0.199. The highest BCUT2D eigenvalue weighted by molar-refractivity contribution is 7.09. The monoisotopic (exact) mass is 276 g/mol. The van der Waals surface area contributed by atoms with Crippen LogP contribution >= 0.6 is 11.3 Å². The minimum absolute atomic E-state index is 0.199. The summed E-state index contributed by atoms with van der Waals surface area (Å²) in [7, 11) is 0. The standard InChI is InChI=1S/C15H17FN2S/c16-13-7-2-1-6-12(13)14-10-19-15(18-14)9-11-5-3-4-8-17-11/h1-2,6-7,10-11,17H,3-5,8-9H2/t11-/m0/s1. The first-order valence-electron chi connectivity index (χ1n) is 6.75. The number of piperidine rings is 1. The summed E-state index contributed by atoms with van der Waals surface area (Å²) in [6.07, 6.45) is 4.74. The fraction of sp³-hybridized carbons (Fsp3) is 0.400. The van der Waals surface area contributed by atoms with Crippen molar-refractivity contribution in [3.63, 3.8) is 0 Å². The number of rotatable bonds is 3. The quantitative estimate of drug-likeness (QED) is 0.926. The fourth-order valence-corrected chi connectivity index (χ4v) is 3.38. The van der Waals surface area contributed by atoms with Crippen LogP contribution in [-0.4, -0.2) is 17.6 Å². The van der Waals surface area contributed by atoms with Crippen LogP contribution in [0.4, 0.5) is 4.39 Å². The van der Waals surface area contributed by atoms with Gasteiger partial charge < -0.3 is 5.32 Å². The molecule has 0 bridgehead atoms. The number of hydrogen-bond donors (Lipinski definition) is 1. The normalized spacial score (nSPS) is 19.5. The number of benzene rings is 1. The molecule has 1 N–H and O–H groups in total. The Morgan fingerprint density at radius 1 is 1.32 bits per heavy atom. The predicted octanol–water partition coefficient (Wildman–Crippen LogP) is 3.63. The van der Waals surface area contributed by atoms with Gasteiger partial charge >= 0.3 is 0 Å². The molecule has 1 saturated heterocycles. The van der Waals surface area contributed by atoms with Gasteiger partial charge in [-0.3, -0.25) is 0 Å². The van der Waals surface area contributed by atoms with Crippen LogP contribution in [0.1, 0.15) is 24.3 Å². The van der Waals surface area contributed by atoms with E-state index in [0.717, 1.165) is 23.7 Å². The topological polar surface area (TPSA) is 24.9 Å². The average molecular weight is 276 g/mol. The van der Waals surface area contributed by atoms with Crippen LogP contribution in [0, 0.1) is 5.82 Å². The van der Waals surface area contributed by atoms with Crippen molar-refractivity contribution in [3.8, 4) is 11.3 Å². The Labute approximate surface area is 116 Å². The zero-order chi connectivity index (χ0) is 13.1. The van der Waals surface area contributed by atoms with Gasteiger partial charge in [-0.15, -0.1) is 11.3 Å². The average Bonchev–Trinajstić information content (AvgIpc) is 2.89. The fourth-order valence-electron chi connectivity index (χ4n) is 2.51. The molecule has 1 atom stereocenters. The molecule has 0 aliphatic carbocycles. The molecule has 0 unspecified atom stereocenters. The van der Waals surface area contributed by atoms with Crippen LogP contribution in [0.2, 0.25) is 0 Å². The number of nitrogens with zero attached hydrogens (tertiary/aromatic N) is 1. The highest BCUT2D eigenvalue weighted by Gasteiger charge is 2.15. The van der Waals surface area contributed by atoms with Crippen LogP contribution in [-0.2, 0) is 6.42 Å². The lowest BCUT2D eigenvalue weighted by molar-refractivity contribution is 0.399. The molecule has 2 nitrogen and oxygen atoms in total. The van der Waals surface area contributed by atoms with Gasteiger partial charge in [-0.05, 0) is 31.5 Å². The molecule has 0 amide bonds. The lowest BCUT2D eigenvalue weighted by Gasteiger charge is -2.22. The number of nitrogens with one attached hydrogen (secondary N) is 1. The number of aromatic nitrogens is 1. The third-order valence-corrected chi connectivity index (χ3v) is 4.41. The molecule has 0 radical (unpaired) electrons. The number of hydrogen-bond acceptors (Lipinski definition) is 3.